The highest BCUT2D eigenvalue weighted by Crippen LogP contribution is 2.10. The Kier molecular flexibility index (Phi) is 19.4. The van der Waals surface area contributed by atoms with Gasteiger partial charge in [0.1, 0.15) is 23.5 Å². The number of nitrogens with zero attached hydrogens (tertiary/aromatic N) is 4. The molecule has 9 N–H and O–H groups in total. The summed E-state index contributed by atoms with van der Waals surface area (Å²) in [6.45, 7) is 5.52. The smallest absolute Gasteiger partial charge is 0.290 e. The number of carbonyl (C=O) groups excluding carboxylic acids is 2. The van der Waals surface area contributed by atoms with Crippen molar-refractivity contribution in [3.8, 4) is 12.1 Å². The SMILES string of the molecule is Cc1ccc(S(=O)(=O)O)cc1.Cc1ccc(S(=O)(=O)O)cc1.Cc1ccc(S(=O)(=O)O)cc1.N#Cc1cc(C(=O)NN)ccn1.N#Cc1cc(C(=O)NN)ccn1. The molecular weight excluding hydrogens is 805 g/mol. The summed E-state index contributed by atoms with van der Waals surface area (Å²) in [6.07, 6.45) is 2.76. The summed E-state index contributed by atoms with van der Waals surface area (Å²) in [6, 6.07) is 27.3. The quantitative estimate of drug-likeness (QED) is 0.0579. The van der Waals surface area contributed by atoms with Gasteiger partial charge < -0.3 is 0 Å². The summed E-state index contributed by atoms with van der Waals surface area (Å²) in [5.41, 5.74) is 7.81. The third-order valence-electron chi connectivity index (χ3n) is 6.49. The molecule has 0 bridgehead atoms. The van der Waals surface area contributed by atoms with E-state index >= 15 is 0 Å². The first-order valence-electron chi connectivity index (χ1n) is 15.4. The maximum atomic E-state index is 10.9. The second-order valence-corrected chi connectivity index (χ2v) is 15.2. The van der Waals surface area contributed by atoms with Gasteiger partial charge in [-0.25, -0.2) is 21.7 Å². The van der Waals surface area contributed by atoms with Crippen LogP contribution in [0.15, 0.2) is 124 Å². The minimum Gasteiger partial charge on any atom is -0.290 e. The summed E-state index contributed by atoms with van der Waals surface area (Å²) in [5, 5.41) is 16.9. The fourth-order valence-corrected chi connectivity index (χ4v) is 5.00. The lowest BCUT2D eigenvalue weighted by atomic mass is 10.2. The topological polar surface area (TPSA) is 347 Å². The molecule has 5 aromatic rings. The van der Waals surface area contributed by atoms with Crippen molar-refractivity contribution in [2.75, 3.05) is 0 Å². The number of amides is 2. The summed E-state index contributed by atoms with van der Waals surface area (Å²) >= 11 is 0. The first kappa shape index (κ1) is 48.5. The van der Waals surface area contributed by atoms with Crippen LogP contribution in [0.3, 0.4) is 0 Å². The number of benzene rings is 3. The molecule has 0 saturated carbocycles. The molecule has 5 rings (SSSR count). The number of pyridine rings is 2. The summed E-state index contributed by atoms with van der Waals surface area (Å²) in [5.74, 6) is 8.91. The van der Waals surface area contributed by atoms with E-state index < -0.39 is 42.2 Å². The maximum Gasteiger partial charge on any atom is 0.294 e. The number of rotatable bonds is 5. The van der Waals surface area contributed by atoms with Crippen molar-refractivity contribution in [2.45, 2.75) is 35.5 Å². The predicted octanol–water partition coefficient (Wildman–Crippen LogP) is 2.84. The summed E-state index contributed by atoms with van der Waals surface area (Å²) in [4.78, 5) is 29.0. The molecule has 0 aliphatic rings. The molecule has 300 valence electrons. The average Bonchev–Trinajstić information content (AvgIpc) is 3.17. The highest BCUT2D eigenvalue weighted by atomic mass is 32.2. The second-order valence-electron chi connectivity index (χ2n) is 10.9. The average molecular weight is 841 g/mol. The molecule has 57 heavy (non-hydrogen) atoms. The van der Waals surface area contributed by atoms with Crippen LogP contribution in [0, 0.1) is 43.4 Å². The molecule has 0 unspecified atom stereocenters. The van der Waals surface area contributed by atoms with Crippen LogP contribution >= 0.6 is 0 Å². The molecule has 19 nitrogen and oxygen atoms in total. The Hall–Kier alpha value is -6.47. The van der Waals surface area contributed by atoms with Crippen molar-refractivity contribution < 1.29 is 48.5 Å². The van der Waals surface area contributed by atoms with Crippen molar-refractivity contribution in [3.63, 3.8) is 0 Å². The van der Waals surface area contributed by atoms with Crippen LogP contribution in [0.25, 0.3) is 0 Å². The number of carbonyl (C=O) groups is 2. The van der Waals surface area contributed by atoms with Gasteiger partial charge >= 0.3 is 0 Å². The number of nitrogens with one attached hydrogen (secondary N) is 2. The molecule has 0 fully saturated rings. The standard InChI is InChI=1S/2C7H6N4O.3C7H8O3S/c2*8-4-6-3-5(1-2-10-6)7(12)11-9;3*1-6-2-4-7(5-3-6)11(8,9)10/h2*1-3H,9H2,(H,11,12);3*2-5H,1H3,(H,8,9,10). The van der Waals surface area contributed by atoms with Gasteiger partial charge in [-0.1, -0.05) is 53.1 Å². The van der Waals surface area contributed by atoms with Gasteiger partial charge in [0, 0.05) is 23.5 Å². The first-order chi connectivity index (χ1) is 26.5. The monoisotopic (exact) mass is 840 g/mol. The van der Waals surface area contributed by atoms with E-state index in [1.807, 2.05) is 43.8 Å². The van der Waals surface area contributed by atoms with Crippen LogP contribution in [0.1, 0.15) is 48.8 Å². The lowest BCUT2D eigenvalue weighted by molar-refractivity contribution is 0.0945. The Morgan fingerprint density at radius 2 is 0.772 bits per heavy atom. The van der Waals surface area contributed by atoms with Crippen molar-refractivity contribution >= 4 is 42.2 Å². The number of nitrogen functional groups attached to an aromatic ring is 2. The van der Waals surface area contributed by atoms with E-state index in [0.717, 1.165) is 16.7 Å². The minimum atomic E-state index is -4.02. The van der Waals surface area contributed by atoms with E-state index in [1.54, 1.807) is 36.4 Å². The molecule has 22 heteroatoms. The Morgan fingerprint density at radius 1 is 0.526 bits per heavy atom. The number of aryl methyl sites for hydroxylation is 3. The lowest BCUT2D eigenvalue weighted by Crippen LogP contribution is -2.30. The van der Waals surface area contributed by atoms with Crippen LogP contribution in [0.2, 0.25) is 0 Å². The summed E-state index contributed by atoms with van der Waals surface area (Å²) < 4.78 is 88.7. The highest BCUT2D eigenvalue weighted by molar-refractivity contribution is 7.86. The van der Waals surface area contributed by atoms with Gasteiger partial charge in [0.15, 0.2) is 0 Å². The van der Waals surface area contributed by atoms with Crippen molar-refractivity contribution in [2.24, 2.45) is 11.7 Å². The highest BCUT2D eigenvalue weighted by Gasteiger charge is 2.09. The molecule has 0 spiro atoms. The van der Waals surface area contributed by atoms with Gasteiger partial charge in [0.05, 0.1) is 14.7 Å². The number of nitrogens with two attached hydrogens (primary N) is 2. The molecular formula is C35H36N8O11S3. The van der Waals surface area contributed by atoms with Gasteiger partial charge in [0.2, 0.25) is 0 Å². The van der Waals surface area contributed by atoms with Gasteiger partial charge in [-0.3, -0.25) is 34.1 Å². The van der Waals surface area contributed by atoms with Crippen molar-refractivity contribution in [1.29, 1.82) is 10.5 Å². The Bertz CT molecular complexity index is 2300. The third-order valence-corrected chi connectivity index (χ3v) is 9.10. The van der Waals surface area contributed by atoms with Crippen LogP contribution in [-0.4, -0.2) is 60.7 Å². The Morgan fingerprint density at radius 3 is 0.965 bits per heavy atom. The third kappa shape index (κ3) is 18.6. The molecule has 0 radical (unpaired) electrons. The maximum absolute atomic E-state index is 10.9. The fourth-order valence-electron chi connectivity index (χ4n) is 3.56. The lowest BCUT2D eigenvalue weighted by Gasteiger charge is -1.97. The minimum absolute atomic E-state index is 0.0666. The predicted molar refractivity (Wildman–Crippen MR) is 204 cm³/mol. The zero-order valence-electron chi connectivity index (χ0n) is 30.2. The van der Waals surface area contributed by atoms with Crippen LogP contribution < -0.4 is 22.5 Å². The molecule has 2 heterocycles. The van der Waals surface area contributed by atoms with Crippen LogP contribution in [0.5, 0.6) is 0 Å². The van der Waals surface area contributed by atoms with E-state index in [9.17, 15) is 34.8 Å². The van der Waals surface area contributed by atoms with E-state index in [2.05, 4.69) is 9.97 Å². The van der Waals surface area contributed by atoms with E-state index in [0.29, 0.717) is 11.1 Å². The van der Waals surface area contributed by atoms with Gasteiger partial charge in [-0.15, -0.1) is 0 Å². The zero-order valence-corrected chi connectivity index (χ0v) is 32.6. The number of aromatic nitrogens is 2. The molecule has 0 atom stereocenters. The fraction of sp³-hybridized carbons (Fsp3) is 0.0857. The Labute approximate surface area is 328 Å². The van der Waals surface area contributed by atoms with Gasteiger partial charge in [-0.05, 0) is 81.4 Å². The number of hydrogen-bond acceptors (Lipinski definition) is 14. The molecule has 3 aromatic carbocycles. The number of nitriles is 2. The van der Waals surface area contributed by atoms with Gasteiger partial charge in [-0.2, -0.15) is 35.8 Å². The number of hydrogen-bond donors (Lipinski definition) is 7. The van der Waals surface area contributed by atoms with E-state index in [4.69, 9.17) is 35.9 Å². The number of hydrazine groups is 2. The second kappa shape index (κ2) is 22.8. The molecule has 0 aliphatic carbocycles. The van der Waals surface area contributed by atoms with Crippen LogP contribution in [-0.2, 0) is 30.4 Å². The van der Waals surface area contributed by atoms with Gasteiger partial charge in [0.25, 0.3) is 42.2 Å². The zero-order chi connectivity index (χ0) is 43.4. The van der Waals surface area contributed by atoms with E-state index in [-0.39, 0.29) is 26.1 Å². The first-order valence-corrected chi connectivity index (χ1v) is 19.7. The Balaban J connectivity index is 0.000000356. The summed E-state index contributed by atoms with van der Waals surface area (Å²) in [7, 11) is -12.1. The molecule has 0 saturated heterocycles. The molecule has 2 aromatic heterocycles. The van der Waals surface area contributed by atoms with Crippen molar-refractivity contribution in [1.82, 2.24) is 20.8 Å². The molecule has 0 aliphatic heterocycles. The van der Waals surface area contributed by atoms with Crippen LogP contribution in [0.4, 0.5) is 0 Å². The normalized spacial score (nSPS) is 10.3. The van der Waals surface area contributed by atoms with E-state index in [1.165, 1.54) is 73.1 Å². The van der Waals surface area contributed by atoms with Crippen molar-refractivity contribution in [3.05, 3.63) is 149 Å². The molecule has 2 amide bonds. The largest absolute Gasteiger partial charge is 0.294 e.